The van der Waals surface area contributed by atoms with Crippen molar-refractivity contribution in [2.45, 2.75) is 13.3 Å². The maximum atomic E-state index is 10.5. The van der Waals surface area contributed by atoms with Crippen molar-refractivity contribution in [2.24, 2.45) is 0 Å². The van der Waals surface area contributed by atoms with Crippen LogP contribution in [0.4, 0.5) is 0 Å². The van der Waals surface area contributed by atoms with Gasteiger partial charge in [0, 0.05) is 6.20 Å². The number of carbonyl (C=O) groups is 1. The first-order valence-electron chi connectivity index (χ1n) is 4.19. The van der Waals surface area contributed by atoms with E-state index in [0.29, 0.717) is 11.5 Å². The minimum Gasteiger partial charge on any atom is -0.481 e. The fourth-order valence-corrected chi connectivity index (χ4v) is 1.32. The number of hydrogen-bond acceptors (Lipinski definition) is 3. The molecule has 5 heteroatoms. The van der Waals surface area contributed by atoms with Gasteiger partial charge in [0.25, 0.3) is 0 Å². The van der Waals surface area contributed by atoms with E-state index in [2.05, 4.69) is 10.1 Å². The van der Waals surface area contributed by atoms with E-state index in [-0.39, 0.29) is 6.42 Å². The van der Waals surface area contributed by atoms with Gasteiger partial charge in [0.05, 0.1) is 6.42 Å². The summed E-state index contributed by atoms with van der Waals surface area (Å²) in [6, 6.07) is 3.46. The van der Waals surface area contributed by atoms with E-state index < -0.39 is 5.97 Å². The lowest BCUT2D eigenvalue weighted by Crippen LogP contribution is -2.00. The molecule has 0 aliphatic carbocycles. The number of carboxylic acids is 1. The Balaban J connectivity index is 2.45. The van der Waals surface area contributed by atoms with E-state index in [4.69, 9.17) is 5.11 Å². The fraction of sp³-hybridized carbons (Fsp3) is 0.222. The Morgan fingerprint density at radius 2 is 2.43 bits per heavy atom. The molecule has 0 unspecified atom stereocenters. The number of pyridine rings is 1. The Morgan fingerprint density at radius 1 is 1.64 bits per heavy atom. The van der Waals surface area contributed by atoms with Crippen molar-refractivity contribution in [3.8, 4) is 0 Å². The van der Waals surface area contributed by atoms with Crippen LogP contribution in [0.1, 0.15) is 11.4 Å². The van der Waals surface area contributed by atoms with Crippen molar-refractivity contribution in [1.82, 2.24) is 14.6 Å². The van der Waals surface area contributed by atoms with Gasteiger partial charge >= 0.3 is 5.97 Å². The lowest BCUT2D eigenvalue weighted by molar-refractivity contribution is -0.136. The van der Waals surface area contributed by atoms with Crippen LogP contribution >= 0.6 is 0 Å². The third kappa shape index (κ3) is 1.56. The van der Waals surface area contributed by atoms with E-state index in [1.807, 2.05) is 0 Å². The smallest absolute Gasteiger partial charge is 0.307 e. The van der Waals surface area contributed by atoms with Gasteiger partial charge in [-0.2, -0.15) is 5.10 Å². The van der Waals surface area contributed by atoms with Crippen LogP contribution in [0.5, 0.6) is 0 Å². The van der Waals surface area contributed by atoms with Gasteiger partial charge < -0.3 is 5.11 Å². The quantitative estimate of drug-likeness (QED) is 0.757. The molecule has 0 spiro atoms. The Morgan fingerprint density at radius 3 is 3.14 bits per heavy atom. The predicted octanol–water partition coefficient (Wildman–Crippen LogP) is 0.665. The van der Waals surface area contributed by atoms with Gasteiger partial charge in [0.1, 0.15) is 5.82 Å². The minimum absolute atomic E-state index is 0.0163. The molecular formula is C9H9N3O2. The summed E-state index contributed by atoms with van der Waals surface area (Å²) in [5, 5.41) is 12.7. The lowest BCUT2D eigenvalue weighted by atomic mass is 10.2. The molecule has 0 aliphatic rings. The number of aryl methyl sites for hydroxylation is 1. The zero-order chi connectivity index (χ0) is 10.1. The number of fused-ring (bicyclic) bond motifs is 1. The lowest BCUT2D eigenvalue weighted by Gasteiger charge is -1.96. The number of hydrogen-bond donors (Lipinski definition) is 1. The van der Waals surface area contributed by atoms with Crippen molar-refractivity contribution in [2.75, 3.05) is 0 Å². The number of nitrogens with zero attached hydrogens (tertiary/aromatic N) is 3. The second-order valence-electron chi connectivity index (χ2n) is 3.07. The van der Waals surface area contributed by atoms with Gasteiger partial charge in [0.15, 0.2) is 5.65 Å². The first-order valence-corrected chi connectivity index (χ1v) is 4.19. The normalized spacial score (nSPS) is 10.6. The second-order valence-corrected chi connectivity index (χ2v) is 3.07. The molecule has 2 aromatic heterocycles. The van der Waals surface area contributed by atoms with Gasteiger partial charge in [0.2, 0.25) is 0 Å². The molecule has 72 valence electrons. The first-order chi connectivity index (χ1) is 6.65. The van der Waals surface area contributed by atoms with Gasteiger partial charge in [-0.05, 0) is 24.6 Å². The highest BCUT2D eigenvalue weighted by Gasteiger charge is 2.03. The summed E-state index contributed by atoms with van der Waals surface area (Å²) in [4.78, 5) is 14.6. The van der Waals surface area contributed by atoms with E-state index in [1.165, 1.54) is 0 Å². The molecule has 0 fully saturated rings. The number of aromatic nitrogens is 3. The number of rotatable bonds is 2. The first kappa shape index (κ1) is 8.68. The highest BCUT2D eigenvalue weighted by Crippen LogP contribution is 2.06. The topological polar surface area (TPSA) is 67.5 Å². The van der Waals surface area contributed by atoms with Crippen molar-refractivity contribution >= 4 is 11.6 Å². The molecule has 0 aliphatic heterocycles. The van der Waals surface area contributed by atoms with E-state index in [1.54, 1.807) is 29.8 Å². The molecule has 0 amide bonds. The van der Waals surface area contributed by atoms with E-state index in [0.717, 1.165) is 5.56 Å². The molecule has 2 heterocycles. The Hall–Kier alpha value is -1.91. The monoisotopic (exact) mass is 191 g/mol. The average molecular weight is 191 g/mol. The van der Waals surface area contributed by atoms with Crippen LogP contribution in [0.2, 0.25) is 0 Å². The van der Waals surface area contributed by atoms with Crippen LogP contribution in [0, 0.1) is 6.92 Å². The minimum atomic E-state index is -0.842. The summed E-state index contributed by atoms with van der Waals surface area (Å²) < 4.78 is 1.63. The van der Waals surface area contributed by atoms with Gasteiger partial charge in [-0.3, -0.25) is 4.79 Å². The summed E-state index contributed by atoms with van der Waals surface area (Å²) in [5.74, 6) is -0.164. The average Bonchev–Trinajstić information content (AvgIpc) is 2.42. The second kappa shape index (κ2) is 3.10. The van der Waals surface area contributed by atoms with Crippen LogP contribution in [-0.2, 0) is 11.2 Å². The predicted molar refractivity (Wildman–Crippen MR) is 49.1 cm³/mol. The summed E-state index contributed by atoms with van der Waals surface area (Å²) in [6.45, 7) is 1.80. The van der Waals surface area contributed by atoms with Gasteiger partial charge in [-0.1, -0.05) is 0 Å². The van der Waals surface area contributed by atoms with Crippen LogP contribution in [0.15, 0.2) is 18.3 Å². The molecule has 2 aromatic rings. The molecule has 0 atom stereocenters. The van der Waals surface area contributed by atoms with Crippen LogP contribution < -0.4 is 0 Å². The molecule has 0 saturated carbocycles. The molecule has 2 rings (SSSR count). The van der Waals surface area contributed by atoms with Crippen LogP contribution in [-0.4, -0.2) is 25.7 Å². The summed E-state index contributed by atoms with van der Waals surface area (Å²) in [5.41, 5.74) is 1.42. The van der Waals surface area contributed by atoms with Crippen molar-refractivity contribution in [3.05, 3.63) is 29.7 Å². The standard InChI is InChI=1S/C9H9N3O2/c1-6-10-8-4-7(5-9(13)14)2-3-12(8)11-6/h2-4H,5H2,1H3,(H,13,14). The molecule has 5 nitrogen and oxygen atoms in total. The molecule has 0 aromatic carbocycles. The molecular weight excluding hydrogens is 182 g/mol. The summed E-state index contributed by atoms with van der Waals surface area (Å²) in [6.07, 6.45) is 1.73. The van der Waals surface area contributed by atoms with E-state index in [9.17, 15) is 4.79 Å². The zero-order valence-electron chi connectivity index (χ0n) is 7.64. The SMILES string of the molecule is Cc1nc2cc(CC(=O)O)ccn2n1. The largest absolute Gasteiger partial charge is 0.481 e. The molecule has 0 bridgehead atoms. The zero-order valence-corrected chi connectivity index (χ0v) is 7.64. The van der Waals surface area contributed by atoms with Crippen LogP contribution in [0.3, 0.4) is 0 Å². The number of carboxylic acid groups (broad SMARTS) is 1. The Labute approximate surface area is 80.0 Å². The number of aliphatic carboxylic acids is 1. The molecule has 0 radical (unpaired) electrons. The molecule has 0 saturated heterocycles. The highest BCUT2D eigenvalue weighted by molar-refractivity contribution is 5.70. The molecule has 1 N–H and O–H groups in total. The van der Waals surface area contributed by atoms with E-state index >= 15 is 0 Å². The maximum Gasteiger partial charge on any atom is 0.307 e. The third-order valence-corrected chi connectivity index (χ3v) is 1.86. The maximum absolute atomic E-state index is 10.5. The Kier molecular flexibility index (Phi) is 1.92. The van der Waals surface area contributed by atoms with Crippen molar-refractivity contribution in [1.29, 1.82) is 0 Å². The summed E-state index contributed by atoms with van der Waals surface area (Å²) in [7, 11) is 0. The van der Waals surface area contributed by atoms with Gasteiger partial charge in [-0.25, -0.2) is 9.50 Å². The Bertz CT molecular complexity index is 490. The van der Waals surface area contributed by atoms with Crippen molar-refractivity contribution < 1.29 is 9.90 Å². The summed E-state index contributed by atoms with van der Waals surface area (Å²) >= 11 is 0. The van der Waals surface area contributed by atoms with Crippen LogP contribution in [0.25, 0.3) is 5.65 Å². The fourth-order valence-electron chi connectivity index (χ4n) is 1.32. The van der Waals surface area contributed by atoms with Gasteiger partial charge in [-0.15, -0.1) is 0 Å². The highest BCUT2D eigenvalue weighted by atomic mass is 16.4. The van der Waals surface area contributed by atoms with Crippen molar-refractivity contribution in [3.63, 3.8) is 0 Å². The molecule has 14 heavy (non-hydrogen) atoms. The third-order valence-electron chi connectivity index (χ3n) is 1.86.